The van der Waals surface area contributed by atoms with Crippen molar-refractivity contribution in [2.24, 2.45) is 82.9 Å². The number of hydrogen-bond donors (Lipinski definition) is 0. The van der Waals surface area contributed by atoms with Gasteiger partial charge in [-0.3, -0.25) is 24.5 Å². The second kappa shape index (κ2) is 37.0. The van der Waals surface area contributed by atoms with Crippen LogP contribution in [0, 0.1) is 114 Å². The van der Waals surface area contributed by atoms with Crippen molar-refractivity contribution in [3.8, 4) is 11.8 Å². The van der Waals surface area contributed by atoms with Crippen molar-refractivity contribution in [3.63, 3.8) is 0 Å². The highest BCUT2D eigenvalue weighted by Gasteiger charge is 2.45. The molecule has 19 heteroatoms. The lowest BCUT2D eigenvalue weighted by atomic mass is 9.93. The van der Waals surface area contributed by atoms with Crippen LogP contribution in [0.5, 0.6) is 5.75 Å². The summed E-state index contributed by atoms with van der Waals surface area (Å²) in [6.07, 6.45) is 37.8. The van der Waals surface area contributed by atoms with Crippen LogP contribution in [0.2, 0.25) is 15.1 Å². The predicted molar refractivity (Wildman–Crippen MR) is 469 cm³/mol. The van der Waals surface area contributed by atoms with Crippen LogP contribution in [-0.4, -0.2) is 209 Å². The van der Waals surface area contributed by atoms with Crippen LogP contribution in [0.1, 0.15) is 101 Å². The number of benzene rings is 5. The van der Waals surface area contributed by atoms with Crippen LogP contribution in [0.3, 0.4) is 0 Å². The molecule has 5 saturated heterocycles. The van der Waals surface area contributed by atoms with Crippen molar-refractivity contribution in [2.75, 3.05) is 194 Å². The molecule has 6 saturated carbocycles. The Bertz CT molecular complexity index is 4360. The number of anilines is 5. The molecule has 15 aliphatic rings. The van der Waals surface area contributed by atoms with Crippen molar-refractivity contribution in [1.29, 1.82) is 5.26 Å². The number of halogens is 4. The molecular formula is C95H125Cl3FN11O3S. The molecule has 15 unspecified atom stereocenters. The molecule has 5 aliphatic heterocycles. The summed E-state index contributed by atoms with van der Waals surface area (Å²) in [5, 5.41) is 11.3. The third kappa shape index (κ3) is 19.4. The average molecular weight is 1630 g/mol. The molecule has 20 rings (SSSR count). The molecule has 0 amide bonds. The average Bonchev–Trinajstić information content (AvgIpc) is 1.30. The molecule has 0 radical (unpaired) electrons. The predicted octanol–water partition coefficient (Wildman–Crippen LogP) is 17.5. The highest BCUT2D eigenvalue weighted by atomic mass is 35.5. The fourth-order valence-corrected chi connectivity index (χ4v) is 25.1. The first kappa shape index (κ1) is 81.6. The highest BCUT2D eigenvalue weighted by Crippen LogP contribution is 2.50. The van der Waals surface area contributed by atoms with E-state index in [1.165, 1.54) is 159 Å². The number of piperazine rings is 5. The molecule has 10 bridgehead atoms. The Morgan fingerprint density at radius 1 is 0.447 bits per heavy atom. The van der Waals surface area contributed by atoms with Gasteiger partial charge in [-0.1, -0.05) is 126 Å². The lowest BCUT2D eigenvalue weighted by molar-refractivity contribution is 0.134. The van der Waals surface area contributed by atoms with Crippen LogP contribution < -0.4 is 29.2 Å². The van der Waals surface area contributed by atoms with Gasteiger partial charge in [0.15, 0.2) is 9.84 Å². The van der Waals surface area contributed by atoms with E-state index in [0.717, 1.165) is 228 Å². The molecule has 10 aliphatic carbocycles. The summed E-state index contributed by atoms with van der Waals surface area (Å²) in [5.74, 6) is 13.1. The van der Waals surface area contributed by atoms with Crippen LogP contribution >= 0.6 is 34.8 Å². The third-order valence-corrected chi connectivity index (χ3v) is 31.3. The minimum Gasteiger partial charge on any atom is -0.492 e. The second-order valence-corrected chi connectivity index (χ2v) is 39.7. The fourth-order valence-electron chi connectivity index (χ4n) is 23.3. The number of nitriles is 1. The van der Waals surface area contributed by atoms with Gasteiger partial charge in [0.25, 0.3) is 0 Å². The standard InChI is InChI=1S/C20H27ClN2O2S.C19H25ClN2.C19H23N3.C19H28N2O.C18H22ClFN2/c1-14-9-18(21)19(12-20(14)26(2,24)25)23-7-5-22(6-8-23)13-17-11-15-3-4-16(17)10-15;1-14-3-2-4-18(20)19(14)22-9-7-21(8-10-22)13-17-12-15-5-6-16(17)11-15;20-13-17-3-1-2-4-19(17)22-9-7-21(8-10-22)14-18-12-15-5-6-16(18)11-15;1-2-22-19-6-4-3-5-17(19)20-9-11-21(12-10-20)18-14-15-7-8-16(18)13-15;19-16-3-4-18(17(20)11-16)22-7-5-21(6-8-22)12-15-10-13-1-2-14(15)9-13/h3-4,9,12,15-17H,5-8,10-11,13H2,1-2H3;2-6,15-17H,7-13H2,1H3;1-6,15-16,18H,7-12,14H2;3-6,15-16,18H,2,7-14H2,1H3;1-4,11,13-15H,5-10,12H2. The quantitative estimate of drug-likeness (QED) is 0.0826. The summed E-state index contributed by atoms with van der Waals surface area (Å²) in [4.78, 5) is 25.3. The molecule has 15 atom stereocenters. The van der Waals surface area contributed by atoms with E-state index in [-0.39, 0.29) is 5.82 Å². The van der Waals surface area contributed by atoms with Crippen molar-refractivity contribution in [1.82, 2.24) is 24.5 Å². The van der Waals surface area contributed by atoms with Crippen LogP contribution in [0.4, 0.5) is 32.8 Å². The molecule has 5 aromatic carbocycles. The number of aryl methyl sites for hydroxylation is 2. The highest BCUT2D eigenvalue weighted by molar-refractivity contribution is 7.90. The summed E-state index contributed by atoms with van der Waals surface area (Å²) in [5.41, 5.74) is 7.96. The van der Waals surface area contributed by atoms with Crippen molar-refractivity contribution < 1.29 is 17.5 Å². The Hall–Kier alpha value is -6.10. The number of para-hydroxylation sites is 4. The number of ether oxygens (including phenoxy) is 1. The van der Waals surface area contributed by atoms with E-state index < -0.39 is 9.84 Å². The maximum Gasteiger partial charge on any atom is 0.175 e. The number of rotatable bonds is 17. The van der Waals surface area contributed by atoms with Gasteiger partial charge in [-0.15, -0.1) is 0 Å². The van der Waals surface area contributed by atoms with E-state index in [4.69, 9.17) is 39.5 Å². The summed E-state index contributed by atoms with van der Waals surface area (Å²) < 4.78 is 43.9. The maximum absolute atomic E-state index is 14.0. The second-order valence-electron chi connectivity index (χ2n) is 36.4. The molecule has 14 nitrogen and oxygen atoms in total. The van der Waals surface area contributed by atoms with Crippen LogP contribution in [0.25, 0.3) is 0 Å². The molecule has 0 spiro atoms. The summed E-state index contributed by atoms with van der Waals surface area (Å²) in [6, 6.07) is 34.4. The van der Waals surface area contributed by atoms with Gasteiger partial charge in [-0.05, 0) is 246 Å². The molecule has 11 fully saturated rings. The summed E-state index contributed by atoms with van der Waals surface area (Å²) in [7, 11) is -3.25. The number of hydrogen-bond acceptors (Lipinski definition) is 14. The van der Waals surface area contributed by atoms with Crippen molar-refractivity contribution in [3.05, 3.63) is 183 Å². The number of allylic oxidation sites excluding steroid dienone is 8. The largest absolute Gasteiger partial charge is 0.492 e. The number of fused-ring (bicyclic) bond motifs is 10. The van der Waals surface area contributed by atoms with E-state index >= 15 is 0 Å². The third-order valence-electron chi connectivity index (χ3n) is 29.2. The Kier molecular flexibility index (Phi) is 26.5. The summed E-state index contributed by atoms with van der Waals surface area (Å²) >= 11 is 18.7. The van der Waals surface area contributed by atoms with Crippen LogP contribution in [-0.2, 0) is 9.84 Å². The van der Waals surface area contributed by atoms with Gasteiger partial charge in [-0.25, -0.2) is 12.8 Å². The van der Waals surface area contributed by atoms with Crippen molar-refractivity contribution >= 4 is 73.1 Å². The zero-order valence-corrected chi connectivity index (χ0v) is 71.3. The molecule has 0 N–H and O–H groups in total. The fraction of sp³-hybridized carbons (Fsp3) is 0.589. The van der Waals surface area contributed by atoms with Gasteiger partial charge in [-0.2, -0.15) is 5.26 Å². The Morgan fingerprint density at radius 3 is 1.33 bits per heavy atom. The smallest absolute Gasteiger partial charge is 0.175 e. The monoisotopic (exact) mass is 1620 g/mol. The number of sulfone groups is 1. The zero-order chi connectivity index (χ0) is 78.6. The summed E-state index contributed by atoms with van der Waals surface area (Å²) in [6.45, 7) is 32.9. The van der Waals surface area contributed by atoms with E-state index in [2.05, 4.69) is 154 Å². The van der Waals surface area contributed by atoms with Gasteiger partial charge in [0, 0.05) is 174 Å². The van der Waals surface area contributed by atoms with Gasteiger partial charge in [0.1, 0.15) is 17.6 Å². The van der Waals surface area contributed by atoms with E-state index in [1.54, 1.807) is 31.2 Å². The number of nitrogens with zero attached hydrogens (tertiary/aromatic N) is 11. The maximum atomic E-state index is 14.0. The SMILES string of the molecule is CCOc1ccccc1N1CCN(C2CC3CCC2C3)CC1.Cc1cc(Cl)c(N2CCN(CC3CC4C=CC3C4)CC2)cc1S(C)(=O)=O.Cc1cccc(Cl)c1N1CCN(CC2CC3C=CC2C3)CC1.Fc1cc(Cl)ccc1N1CCN(CC2CC3C=CC2C3)CC1.N#Cc1ccccc1N1CCN(CC2CC3C=CC2C3)CC1. The molecular weight excluding hydrogens is 1500 g/mol. The van der Waals surface area contributed by atoms with Crippen molar-refractivity contribution in [2.45, 2.75) is 109 Å². The lowest BCUT2D eigenvalue weighted by Crippen LogP contribution is -2.51. The van der Waals surface area contributed by atoms with E-state index in [0.29, 0.717) is 26.2 Å². The van der Waals surface area contributed by atoms with Gasteiger partial charge < -0.3 is 29.2 Å². The van der Waals surface area contributed by atoms with Gasteiger partial charge >= 0.3 is 0 Å². The molecule has 5 aromatic rings. The first-order valence-electron chi connectivity index (χ1n) is 43.9. The Balaban J connectivity index is 0.000000107. The molecule has 5 heterocycles. The van der Waals surface area contributed by atoms with Gasteiger partial charge in [0.05, 0.1) is 55.5 Å². The topological polar surface area (TPSA) is 99.6 Å². The zero-order valence-electron chi connectivity index (χ0n) is 68.2. The normalized spacial score (nSPS) is 30.7. The minimum atomic E-state index is -3.25. The van der Waals surface area contributed by atoms with E-state index in [1.807, 2.05) is 30.3 Å². The minimum absolute atomic E-state index is 0.209. The first-order valence-corrected chi connectivity index (χ1v) is 46.9. The van der Waals surface area contributed by atoms with Gasteiger partial charge in [0.2, 0.25) is 0 Å². The van der Waals surface area contributed by atoms with E-state index in [9.17, 15) is 18.1 Å². The molecule has 612 valence electrons. The molecule has 114 heavy (non-hydrogen) atoms. The Morgan fingerprint density at radius 2 is 0.904 bits per heavy atom. The molecule has 0 aromatic heterocycles. The Labute approximate surface area is 696 Å². The first-order chi connectivity index (χ1) is 55.4. The lowest BCUT2D eigenvalue weighted by Gasteiger charge is -2.42. The van der Waals surface area contributed by atoms with Crippen LogP contribution in [0.15, 0.2) is 151 Å².